The van der Waals surface area contributed by atoms with Gasteiger partial charge in [0.15, 0.2) is 0 Å². The molecule has 1 aromatic carbocycles. The molecule has 142 valence electrons. The molecule has 0 atom stereocenters. The third-order valence-corrected chi connectivity index (χ3v) is 6.29. The molecule has 1 aliphatic carbocycles. The molecule has 2 fully saturated rings. The fourth-order valence-electron chi connectivity index (χ4n) is 3.45. The maximum atomic E-state index is 12.5. The molecule has 1 aromatic heterocycles. The number of rotatable bonds is 5. The lowest BCUT2D eigenvalue weighted by Gasteiger charge is -2.36. The summed E-state index contributed by atoms with van der Waals surface area (Å²) in [5, 5.41) is 5.48. The number of hydrogen-bond acceptors (Lipinski definition) is 4. The zero-order valence-corrected chi connectivity index (χ0v) is 16.6. The molecule has 0 unspecified atom stereocenters. The summed E-state index contributed by atoms with van der Waals surface area (Å²) in [6, 6.07) is 9.80. The number of thiophene rings is 1. The molecule has 2 amide bonds. The lowest BCUT2D eigenvalue weighted by molar-refractivity contribution is -0.130. The Morgan fingerprint density at radius 2 is 1.93 bits per heavy atom. The van der Waals surface area contributed by atoms with Gasteiger partial charge in [-0.15, -0.1) is 11.3 Å². The van der Waals surface area contributed by atoms with Crippen molar-refractivity contribution in [2.24, 2.45) is 0 Å². The van der Waals surface area contributed by atoms with Crippen molar-refractivity contribution in [3.8, 4) is 0 Å². The molecule has 7 heteroatoms. The van der Waals surface area contributed by atoms with Crippen LogP contribution in [-0.2, 0) is 4.79 Å². The summed E-state index contributed by atoms with van der Waals surface area (Å²) in [5.41, 5.74) is 2.22. The standard InChI is InChI=1S/C20H22ClN3O2S/c21-15-2-1-3-16(12-15)23-7-9-24(10-8-23)18(25)13-22-20(26)19-17(6-11-27-19)14-4-5-14/h1-3,6,11-12,14H,4-5,7-10,13H2,(H,22,26). The lowest BCUT2D eigenvalue weighted by Crippen LogP contribution is -2.51. The monoisotopic (exact) mass is 403 g/mol. The zero-order valence-electron chi connectivity index (χ0n) is 15.0. The number of piperazine rings is 1. The minimum absolute atomic E-state index is 0.0291. The second-order valence-corrected chi connectivity index (χ2v) is 8.36. The molecule has 1 saturated heterocycles. The van der Waals surface area contributed by atoms with Crippen LogP contribution in [0, 0.1) is 0 Å². The van der Waals surface area contributed by atoms with E-state index in [1.165, 1.54) is 11.3 Å². The van der Waals surface area contributed by atoms with Gasteiger partial charge in [-0.2, -0.15) is 0 Å². The molecular formula is C20H22ClN3O2S. The molecule has 2 aromatic rings. The molecule has 2 aliphatic rings. The molecule has 1 saturated carbocycles. The normalized spacial score (nSPS) is 17.1. The summed E-state index contributed by atoms with van der Waals surface area (Å²) in [7, 11) is 0. The highest BCUT2D eigenvalue weighted by Crippen LogP contribution is 2.43. The van der Waals surface area contributed by atoms with Crippen molar-refractivity contribution in [3.05, 3.63) is 51.2 Å². The van der Waals surface area contributed by atoms with E-state index >= 15 is 0 Å². The number of nitrogens with one attached hydrogen (secondary N) is 1. The molecular weight excluding hydrogens is 382 g/mol. The van der Waals surface area contributed by atoms with Crippen LogP contribution in [0.1, 0.15) is 34.0 Å². The van der Waals surface area contributed by atoms with Gasteiger partial charge >= 0.3 is 0 Å². The van der Waals surface area contributed by atoms with E-state index in [9.17, 15) is 9.59 Å². The topological polar surface area (TPSA) is 52.7 Å². The van der Waals surface area contributed by atoms with Gasteiger partial charge < -0.3 is 15.1 Å². The summed E-state index contributed by atoms with van der Waals surface area (Å²) < 4.78 is 0. The predicted molar refractivity (Wildman–Crippen MR) is 109 cm³/mol. The van der Waals surface area contributed by atoms with Gasteiger partial charge in [-0.05, 0) is 54.0 Å². The molecule has 4 rings (SSSR count). The van der Waals surface area contributed by atoms with Gasteiger partial charge in [0.25, 0.3) is 5.91 Å². The minimum Gasteiger partial charge on any atom is -0.368 e. The van der Waals surface area contributed by atoms with E-state index in [0.29, 0.717) is 24.0 Å². The van der Waals surface area contributed by atoms with Crippen molar-refractivity contribution in [1.29, 1.82) is 0 Å². The van der Waals surface area contributed by atoms with Crippen LogP contribution in [0.25, 0.3) is 0 Å². The first-order valence-corrected chi connectivity index (χ1v) is 10.5. The van der Waals surface area contributed by atoms with Gasteiger partial charge in [-0.25, -0.2) is 0 Å². The lowest BCUT2D eigenvalue weighted by atomic mass is 10.1. The van der Waals surface area contributed by atoms with Crippen molar-refractivity contribution < 1.29 is 9.59 Å². The van der Waals surface area contributed by atoms with E-state index in [2.05, 4.69) is 10.2 Å². The Morgan fingerprint density at radius 3 is 2.63 bits per heavy atom. The maximum Gasteiger partial charge on any atom is 0.262 e. The van der Waals surface area contributed by atoms with E-state index in [0.717, 1.165) is 42.1 Å². The molecule has 0 radical (unpaired) electrons. The number of hydrogen-bond donors (Lipinski definition) is 1. The first-order chi connectivity index (χ1) is 13.1. The van der Waals surface area contributed by atoms with Crippen LogP contribution in [0.5, 0.6) is 0 Å². The van der Waals surface area contributed by atoms with Crippen molar-refractivity contribution in [3.63, 3.8) is 0 Å². The Morgan fingerprint density at radius 1 is 1.15 bits per heavy atom. The molecule has 1 aliphatic heterocycles. The predicted octanol–water partition coefficient (Wildman–Crippen LogP) is 3.36. The average Bonchev–Trinajstić information content (AvgIpc) is 3.42. The SMILES string of the molecule is O=C(NCC(=O)N1CCN(c2cccc(Cl)c2)CC1)c1sccc1C1CC1. The highest BCUT2D eigenvalue weighted by atomic mass is 35.5. The third-order valence-electron chi connectivity index (χ3n) is 5.12. The van der Waals surface area contributed by atoms with E-state index in [-0.39, 0.29) is 18.4 Å². The van der Waals surface area contributed by atoms with Crippen molar-refractivity contribution in [1.82, 2.24) is 10.2 Å². The highest BCUT2D eigenvalue weighted by Gasteiger charge is 2.29. The number of anilines is 1. The molecule has 1 N–H and O–H groups in total. The quantitative estimate of drug-likeness (QED) is 0.832. The Hall–Kier alpha value is -2.05. The number of carbonyl (C=O) groups excluding carboxylic acids is 2. The van der Waals surface area contributed by atoms with Crippen LogP contribution in [0.2, 0.25) is 5.02 Å². The number of halogens is 1. The largest absolute Gasteiger partial charge is 0.368 e. The van der Waals surface area contributed by atoms with Crippen molar-refractivity contribution >= 4 is 40.4 Å². The summed E-state index contributed by atoms with van der Waals surface area (Å²) in [5.74, 6) is 0.378. The van der Waals surface area contributed by atoms with Gasteiger partial charge in [0, 0.05) is 36.9 Å². The van der Waals surface area contributed by atoms with E-state index < -0.39 is 0 Å². The number of carbonyl (C=O) groups is 2. The van der Waals surface area contributed by atoms with Crippen LogP contribution in [0.4, 0.5) is 5.69 Å². The summed E-state index contributed by atoms with van der Waals surface area (Å²) in [4.78, 5) is 29.7. The van der Waals surface area contributed by atoms with Crippen molar-refractivity contribution in [2.45, 2.75) is 18.8 Å². The van der Waals surface area contributed by atoms with Crippen LogP contribution < -0.4 is 10.2 Å². The maximum absolute atomic E-state index is 12.5. The third kappa shape index (κ3) is 4.28. The number of benzene rings is 1. The number of nitrogens with zero attached hydrogens (tertiary/aromatic N) is 2. The highest BCUT2D eigenvalue weighted by molar-refractivity contribution is 7.12. The van der Waals surface area contributed by atoms with Gasteiger partial charge in [0.2, 0.25) is 5.91 Å². The van der Waals surface area contributed by atoms with Gasteiger partial charge in [0.05, 0.1) is 11.4 Å². The Labute approximate surface area is 167 Å². The second-order valence-electron chi connectivity index (χ2n) is 7.01. The summed E-state index contributed by atoms with van der Waals surface area (Å²) in [6.07, 6.45) is 2.32. The van der Waals surface area contributed by atoms with Crippen LogP contribution in [0.15, 0.2) is 35.7 Å². The minimum atomic E-state index is -0.127. The molecule has 0 bridgehead atoms. The Balaban J connectivity index is 1.27. The zero-order chi connectivity index (χ0) is 18.8. The van der Waals surface area contributed by atoms with Crippen LogP contribution in [0.3, 0.4) is 0 Å². The molecule has 0 spiro atoms. The van der Waals surface area contributed by atoms with E-state index in [1.54, 1.807) is 0 Å². The summed E-state index contributed by atoms with van der Waals surface area (Å²) in [6.45, 7) is 2.87. The summed E-state index contributed by atoms with van der Waals surface area (Å²) >= 11 is 7.52. The van der Waals surface area contributed by atoms with Crippen LogP contribution >= 0.6 is 22.9 Å². The molecule has 27 heavy (non-hydrogen) atoms. The smallest absolute Gasteiger partial charge is 0.262 e. The van der Waals surface area contributed by atoms with Gasteiger partial charge in [0.1, 0.15) is 0 Å². The van der Waals surface area contributed by atoms with E-state index in [4.69, 9.17) is 11.6 Å². The first kappa shape index (κ1) is 18.3. The van der Waals surface area contributed by atoms with E-state index in [1.807, 2.05) is 40.6 Å². The Kier molecular flexibility index (Phi) is 5.36. The van der Waals surface area contributed by atoms with Gasteiger partial charge in [-0.1, -0.05) is 17.7 Å². The second kappa shape index (κ2) is 7.90. The van der Waals surface area contributed by atoms with Gasteiger partial charge in [-0.3, -0.25) is 9.59 Å². The fraction of sp³-hybridized carbons (Fsp3) is 0.400. The molecule has 5 nitrogen and oxygen atoms in total. The number of amides is 2. The Bertz CT molecular complexity index is 841. The average molecular weight is 404 g/mol. The first-order valence-electron chi connectivity index (χ1n) is 9.25. The van der Waals surface area contributed by atoms with Crippen LogP contribution in [-0.4, -0.2) is 49.4 Å². The fourth-order valence-corrected chi connectivity index (χ4v) is 4.54. The molecule has 2 heterocycles. The van der Waals surface area contributed by atoms with Crippen molar-refractivity contribution in [2.75, 3.05) is 37.6 Å².